The minimum atomic E-state index is -0.312. The quantitative estimate of drug-likeness (QED) is 0.942. The number of rotatable bonds is 3. The van der Waals surface area contributed by atoms with Crippen LogP contribution in [0, 0.1) is 0 Å². The summed E-state index contributed by atoms with van der Waals surface area (Å²) in [4.78, 5) is 25.7. The van der Waals surface area contributed by atoms with E-state index in [0.29, 0.717) is 17.8 Å². The summed E-state index contributed by atoms with van der Waals surface area (Å²) < 4.78 is 5.41. The van der Waals surface area contributed by atoms with Crippen LogP contribution in [0.25, 0.3) is 0 Å². The molecule has 21 heavy (non-hydrogen) atoms. The van der Waals surface area contributed by atoms with Gasteiger partial charge in [0.1, 0.15) is 5.76 Å². The molecule has 1 aromatic carbocycles. The molecular weight excluding hydrogens is 268 g/mol. The average Bonchev–Trinajstić information content (AvgIpc) is 3.06. The van der Waals surface area contributed by atoms with E-state index in [4.69, 9.17) is 4.42 Å². The van der Waals surface area contributed by atoms with Gasteiger partial charge in [0.05, 0.1) is 0 Å². The third-order valence-electron chi connectivity index (χ3n) is 3.59. The van der Waals surface area contributed by atoms with Gasteiger partial charge in [0.2, 0.25) is 0 Å². The molecule has 0 unspecified atom stereocenters. The summed E-state index contributed by atoms with van der Waals surface area (Å²) in [7, 11) is 1.76. The predicted octanol–water partition coefficient (Wildman–Crippen LogP) is 2.68. The highest BCUT2D eigenvalue weighted by Crippen LogP contribution is 2.25. The van der Waals surface area contributed by atoms with Crippen LogP contribution in [-0.2, 0) is 13.0 Å². The molecule has 0 saturated carbocycles. The third-order valence-corrected chi connectivity index (χ3v) is 3.59. The van der Waals surface area contributed by atoms with E-state index in [9.17, 15) is 9.59 Å². The Kier molecular flexibility index (Phi) is 3.25. The van der Waals surface area contributed by atoms with Crippen molar-refractivity contribution >= 4 is 17.5 Å². The summed E-state index contributed by atoms with van der Waals surface area (Å²) in [5, 5.41) is 2.76. The number of hydrogen-bond donors (Lipinski definition) is 1. The molecule has 1 N–H and O–H groups in total. The van der Waals surface area contributed by atoms with Crippen molar-refractivity contribution in [3.63, 3.8) is 0 Å². The van der Waals surface area contributed by atoms with Crippen molar-refractivity contribution in [1.29, 1.82) is 0 Å². The summed E-state index contributed by atoms with van der Waals surface area (Å²) >= 11 is 0. The second-order valence-corrected chi connectivity index (χ2v) is 5.11. The molecule has 0 spiro atoms. The molecule has 3 rings (SSSR count). The van der Waals surface area contributed by atoms with Gasteiger partial charge >= 0.3 is 0 Å². The summed E-state index contributed by atoms with van der Waals surface area (Å²) in [5.74, 6) is 0.711. The number of fused-ring (bicyclic) bond motifs is 1. The zero-order valence-electron chi connectivity index (χ0n) is 12.0. The molecular formula is C16H16N2O3. The van der Waals surface area contributed by atoms with Gasteiger partial charge < -0.3 is 14.6 Å². The third kappa shape index (κ3) is 2.42. The Morgan fingerprint density at radius 2 is 2.14 bits per heavy atom. The topological polar surface area (TPSA) is 62.6 Å². The van der Waals surface area contributed by atoms with Crippen LogP contribution in [0.3, 0.4) is 0 Å². The van der Waals surface area contributed by atoms with Crippen LogP contribution in [0.5, 0.6) is 0 Å². The van der Waals surface area contributed by atoms with Crippen molar-refractivity contribution in [3.8, 4) is 0 Å². The van der Waals surface area contributed by atoms with Crippen LogP contribution >= 0.6 is 0 Å². The lowest BCUT2D eigenvalue weighted by Crippen LogP contribution is -2.17. The van der Waals surface area contributed by atoms with Gasteiger partial charge in [-0.3, -0.25) is 9.59 Å². The van der Waals surface area contributed by atoms with Gasteiger partial charge in [-0.05, 0) is 29.8 Å². The van der Waals surface area contributed by atoms with Gasteiger partial charge in [0.25, 0.3) is 11.8 Å². The summed E-state index contributed by atoms with van der Waals surface area (Å²) in [6, 6.07) is 8.82. The molecule has 2 aromatic rings. The second kappa shape index (κ2) is 5.09. The van der Waals surface area contributed by atoms with Crippen molar-refractivity contribution in [2.75, 3.05) is 12.4 Å². The molecule has 1 aromatic heterocycles. The maximum Gasteiger partial charge on any atom is 0.291 e. The van der Waals surface area contributed by atoms with E-state index >= 15 is 0 Å². The van der Waals surface area contributed by atoms with E-state index in [1.165, 1.54) is 0 Å². The van der Waals surface area contributed by atoms with E-state index in [2.05, 4.69) is 5.32 Å². The number of aryl methyl sites for hydroxylation is 1. The molecule has 0 aliphatic carbocycles. The summed E-state index contributed by atoms with van der Waals surface area (Å²) in [6.45, 7) is 2.57. The fourth-order valence-electron chi connectivity index (χ4n) is 2.41. The number of carbonyl (C=O) groups is 2. The van der Waals surface area contributed by atoms with Crippen LogP contribution in [0.15, 0.2) is 34.7 Å². The van der Waals surface area contributed by atoms with E-state index < -0.39 is 0 Å². The molecule has 0 fully saturated rings. The van der Waals surface area contributed by atoms with Crippen molar-refractivity contribution < 1.29 is 14.0 Å². The van der Waals surface area contributed by atoms with Crippen LogP contribution in [0.4, 0.5) is 5.69 Å². The molecule has 2 heterocycles. The first-order valence-electron chi connectivity index (χ1n) is 6.87. The van der Waals surface area contributed by atoms with Crippen molar-refractivity contribution in [3.05, 3.63) is 53.0 Å². The molecule has 5 nitrogen and oxygen atoms in total. The maximum atomic E-state index is 12.1. The summed E-state index contributed by atoms with van der Waals surface area (Å²) in [6.07, 6.45) is 0.743. The van der Waals surface area contributed by atoms with E-state index in [-0.39, 0.29) is 17.6 Å². The fraction of sp³-hybridized carbons (Fsp3) is 0.250. The maximum absolute atomic E-state index is 12.1. The number of nitrogens with zero attached hydrogens (tertiary/aromatic N) is 1. The highest BCUT2D eigenvalue weighted by molar-refractivity contribution is 6.04. The molecule has 0 saturated heterocycles. The normalized spacial score (nSPS) is 13.4. The Bertz CT molecular complexity index is 718. The zero-order chi connectivity index (χ0) is 15.0. The SMILES string of the molecule is CCc1ccc(C(=O)Nc2ccc3c(c2)C(=O)N(C)C3)o1. The number of benzene rings is 1. The lowest BCUT2D eigenvalue weighted by Gasteiger charge is -2.05. The number of amides is 2. The molecule has 108 valence electrons. The zero-order valence-corrected chi connectivity index (χ0v) is 12.0. The minimum absolute atomic E-state index is 0.0210. The van der Waals surface area contributed by atoms with Crippen molar-refractivity contribution in [2.24, 2.45) is 0 Å². The van der Waals surface area contributed by atoms with Gasteiger partial charge in [-0.25, -0.2) is 0 Å². The predicted molar refractivity (Wildman–Crippen MR) is 78.3 cm³/mol. The molecule has 1 aliphatic heterocycles. The van der Waals surface area contributed by atoms with E-state index in [1.54, 1.807) is 36.2 Å². The highest BCUT2D eigenvalue weighted by atomic mass is 16.3. The van der Waals surface area contributed by atoms with Crippen molar-refractivity contribution in [2.45, 2.75) is 19.9 Å². The van der Waals surface area contributed by atoms with Crippen LogP contribution < -0.4 is 5.32 Å². The van der Waals surface area contributed by atoms with Gasteiger partial charge in [-0.15, -0.1) is 0 Å². The minimum Gasteiger partial charge on any atom is -0.456 e. The fourth-order valence-corrected chi connectivity index (χ4v) is 2.41. The Balaban J connectivity index is 1.80. The Labute approximate surface area is 122 Å². The number of furan rings is 1. The van der Waals surface area contributed by atoms with E-state index in [1.807, 2.05) is 13.0 Å². The van der Waals surface area contributed by atoms with Crippen molar-refractivity contribution in [1.82, 2.24) is 4.90 Å². The molecule has 2 amide bonds. The number of nitrogens with one attached hydrogen (secondary N) is 1. The number of hydrogen-bond acceptors (Lipinski definition) is 3. The molecule has 0 bridgehead atoms. The highest BCUT2D eigenvalue weighted by Gasteiger charge is 2.24. The first-order chi connectivity index (χ1) is 10.1. The largest absolute Gasteiger partial charge is 0.456 e. The van der Waals surface area contributed by atoms with Gasteiger partial charge in [0, 0.05) is 31.3 Å². The standard InChI is InChI=1S/C16H16N2O3/c1-3-12-6-7-14(21-12)15(19)17-11-5-4-10-9-18(2)16(20)13(10)8-11/h4-8H,3,9H2,1-2H3,(H,17,19). The van der Waals surface area contributed by atoms with Crippen LogP contribution in [0.1, 0.15) is 39.2 Å². The average molecular weight is 284 g/mol. The lowest BCUT2D eigenvalue weighted by molar-refractivity contribution is 0.0816. The van der Waals surface area contributed by atoms with Gasteiger partial charge in [-0.2, -0.15) is 0 Å². The number of carbonyl (C=O) groups excluding carboxylic acids is 2. The Morgan fingerprint density at radius 3 is 2.86 bits per heavy atom. The molecule has 0 radical (unpaired) electrons. The Hall–Kier alpha value is -2.56. The Morgan fingerprint density at radius 1 is 1.33 bits per heavy atom. The van der Waals surface area contributed by atoms with Gasteiger partial charge in [0.15, 0.2) is 5.76 Å². The molecule has 0 atom stereocenters. The van der Waals surface area contributed by atoms with Crippen LogP contribution in [0.2, 0.25) is 0 Å². The molecule has 5 heteroatoms. The first-order valence-corrected chi connectivity index (χ1v) is 6.87. The number of anilines is 1. The molecule has 1 aliphatic rings. The smallest absolute Gasteiger partial charge is 0.291 e. The van der Waals surface area contributed by atoms with E-state index in [0.717, 1.165) is 17.7 Å². The first kappa shape index (κ1) is 13.4. The second-order valence-electron chi connectivity index (χ2n) is 5.11. The van der Waals surface area contributed by atoms with Gasteiger partial charge in [-0.1, -0.05) is 13.0 Å². The summed E-state index contributed by atoms with van der Waals surface area (Å²) in [5.41, 5.74) is 2.22. The lowest BCUT2D eigenvalue weighted by atomic mass is 10.1. The van der Waals surface area contributed by atoms with Crippen LogP contribution in [-0.4, -0.2) is 23.8 Å². The monoisotopic (exact) mass is 284 g/mol.